The first kappa shape index (κ1) is 10.2. The third kappa shape index (κ3) is 2.19. The molecule has 0 aliphatic heterocycles. The molecule has 1 heterocycles. The van der Waals surface area contributed by atoms with Crippen molar-refractivity contribution < 1.29 is 9.90 Å². The Hall–Kier alpha value is -1.32. The summed E-state index contributed by atoms with van der Waals surface area (Å²) < 4.78 is 1.90. The molecule has 0 bridgehead atoms. The molecule has 1 aromatic rings. The van der Waals surface area contributed by atoms with Gasteiger partial charge in [-0.2, -0.15) is 0 Å². The quantitative estimate of drug-likeness (QED) is 0.828. The Morgan fingerprint density at radius 2 is 2.27 bits per heavy atom. The van der Waals surface area contributed by atoms with Gasteiger partial charge in [0.1, 0.15) is 0 Å². The lowest BCUT2D eigenvalue weighted by Crippen LogP contribution is -2.18. The van der Waals surface area contributed by atoms with Crippen LogP contribution in [-0.2, 0) is 6.54 Å². The first-order chi connectivity index (χ1) is 7.09. The third-order valence-corrected chi connectivity index (χ3v) is 3.23. The van der Waals surface area contributed by atoms with Gasteiger partial charge >= 0.3 is 5.97 Å². The van der Waals surface area contributed by atoms with Crippen molar-refractivity contribution in [3.8, 4) is 0 Å². The Bertz CT molecular complexity index is 364. The third-order valence-electron chi connectivity index (χ3n) is 3.23. The first-order valence-electron chi connectivity index (χ1n) is 5.34. The van der Waals surface area contributed by atoms with Crippen molar-refractivity contribution in [2.75, 3.05) is 0 Å². The van der Waals surface area contributed by atoms with Gasteiger partial charge in [-0.3, -0.25) is 0 Å². The molecular weight excluding hydrogens is 192 g/mol. The van der Waals surface area contributed by atoms with Gasteiger partial charge < -0.3 is 9.67 Å². The second-order valence-electron chi connectivity index (χ2n) is 4.75. The number of hydrogen-bond donors (Lipinski definition) is 1. The van der Waals surface area contributed by atoms with Crippen LogP contribution in [0.4, 0.5) is 0 Å². The molecule has 0 aromatic carbocycles. The van der Waals surface area contributed by atoms with E-state index in [1.165, 1.54) is 25.7 Å². The monoisotopic (exact) mass is 208 g/mol. The van der Waals surface area contributed by atoms with Gasteiger partial charge in [0.05, 0.1) is 6.33 Å². The van der Waals surface area contributed by atoms with Crippen LogP contribution in [0.25, 0.3) is 0 Å². The zero-order chi connectivity index (χ0) is 10.9. The number of aromatic nitrogens is 2. The summed E-state index contributed by atoms with van der Waals surface area (Å²) in [6, 6.07) is 0. The predicted octanol–water partition coefficient (Wildman–Crippen LogP) is 2.16. The minimum Gasteiger partial charge on any atom is -0.476 e. The van der Waals surface area contributed by atoms with E-state index in [0.717, 1.165) is 6.54 Å². The normalized spacial score (nSPS) is 19.3. The number of hydrogen-bond acceptors (Lipinski definition) is 2. The summed E-state index contributed by atoms with van der Waals surface area (Å²) in [7, 11) is 0. The van der Waals surface area contributed by atoms with Gasteiger partial charge in [-0.05, 0) is 18.3 Å². The minimum absolute atomic E-state index is 0.136. The highest BCUT2D eigenvalue weighted by Crippen LogP contribution is 2.38. The van der Waals surface area contributed by atoms with Crippen LogP contribution in [0.5, 0.6) is 0 Å². The lowest BCUT2D eigenvalue weighted by atomic mass is 9.89. The molecule has 0 atom stereocenters. The van der Waals surface area contributed by atoms with Gasteiger partial charge in [0.25, 0.3) is 0 Å². The Balaban J connectivity index is 2.07. The van der Waals surface area contributed by atoms with Crippen LogP contribution in [0.2, 0.25) is 0 Å². The molecular formula is C11H16N2O2. The van der Waals surface area contributed by atoms with Gasteiger partial charge in [0.2, 0.25) is 0 Å². The number of nitrogens with zero attached hydrogens (tertiary/aromatic N) is 2. The summed E-state index contributed by atoms with van der Waals surface area (Å²) in [4.78, 5) is 14.5. The Morgan fingerprint density at radius 3 is 2.80 bits per heavy atom. The average Bonchev–Trinajstić information content (AvgIpc) is 2.75. The molecule has 4 nitrogen and oxygen atoms in total. The largest absolute Gasteiger partial charge is 0.476 e. The van der Waals surface area contributed by atoms with Gasteiger partial charge in [-0.25, -0.2) is 9.78 Å². The number of carboxylic acids is 1. The van der Waals surface area contributed by atoms with Gasteiger partial charge in [-0.1, -0.05) is 19.8 Å². The maximum absolute atomic E-state index is 10.7. The zero-order valence-electron chi connectivity index (χ0n) is 8.94. The highest BCUT2D eigenvalue weighted by atomic mass is 16.4. The van der Waals surface area contributed by atoms with E-state index in [1.54, 1.807) is 12.5 Å². The van der Waals surface area contributed by atoms with Gasteiger partial charge in [-0.15, -0.1) is 0 Å². The Kier molecular flexibility index (Phi) is 2.50. The molecule has 1 fully saturated rings. The summed E-state index contributed by atoms with van der Waals surface area (Å²) in [6.45, 7) is 3.15. The van der Waals surface area contributed by atoms with Crippen LogP contribution in [0, 0.1) is 5.41 Å². The number of carboxylic acid groups (broad SMARTS) is 1. The summed E-state index contributed by atoms with van der Waals surface area (Å²) in [6.07, 6.45) is 8.27. The predicted molar refractivity (Wildman–Crippen MR) is 55.8 cm³/mol. The molecule has 1 aromatic heterocycles. The van der Waals surface area contributed by atoms with E-state index < -0.39 is 5.97 Å². The molecule has 0 spiro atoms. The maximum Gasteiger partial charge on any atom is 0.356 e. The molecule has 82 valence electrons. The van der Waals surface area contributed by atoms with Crippen LogP contribution >= 0.6 is 0 Å². The van der Waals surface area contributed by atoms with E-state index in [1.807, 2.05) is 4.57 Å². The van der Waals surface area contributed by atoms with Crippen molar-refractivity contribution in [2.45, 2.75) is 39.2 Å². The number of aromatic carboxylic acids is 1. The lowest BCUT2D eigenvalue weighted by Gasteiger charge is -2.23. The van der Waals surface area contributed by atoms with Crippen LogP contribution in [0.1, 0.15) is 43.1 Å². The summed E-state index contributed by atoms with van der Waals surface area (Å²) >= 11 is 0. The van der Waals surface area contributed by atoms with Crippen LogP contribution in [0.3, 0.4) is 0 Å². The molecule has 1 aliphatic carbocycles. The summed E-state index contributed by atoms with van der Waals surface area (Å²) in [5.74, 6) is -0.953. The van der Waals surface area contributed by atoms with E-state index in [9.17, 15) is 4.79 Å². The molecule has 2 rings (SSSR count). The van der Waals surface area contributed by atoms with Crippen molar-refractivity contribution in [1.82, 2.24) is 9.55 Å². The minimum atomic E-state index is -0.953. The van der Waals surface area contributed by atoms with E-state index in [-0.39, 0.29) is 5.69 Å². The van der Waals surface area contributed by atoms with Gasteiger partial charge in [0, 0.05) is 12.7 Å². The van der Waals surface area contributed by atoms with Crippen LogP contribution in [0.15, 0.2) is 12.5 Å². The fraction of sp³-hybridized carbons (Fsp3) is 0.636. The first-order valence-corrected chi connectivity index (χ1v) is 5.34. The lowest BCUT2D eigenvalue weighted by molar-refractivity contribution is 0.0691. The fourth-order valence-electron chi connectivity index (χ4n) is 2.38. The van der Waals surface area contributed by atoms with E-state index in [4.69, 9.17) is 5.11 Å². The average molecular weight is 208 g/mol. The van der Waals surface area contributed by atoms with E-state index >= 15 is 0 Å². The molecule has 1 saturated carbocycles. The van der Waals surface area contributed by atoms with Crippen LogP contribution in [-0.4, -0.2) is 20.6 Å². The second-order valence-corrected chi connectivity index (χ2v) is 4.75. The van der Waals surface area contributed by atoms with E-state index in [0.29, 0.717) is 5.41 Å². The maximum atomic E-state index is 10.7. The Labute approximate surface area is 88.9 Å². The molecule has 0 unspecified atom stereocenters. The van der Waals surface area contributed by atoms with E-state index in [2.05, 4.69) is 11.9 Å². The molecule has 4 heteroatoms. The number of rotatable bonds is 3. The standard InChI is InChI=1S/C11H16N2O2/c1-11(4-2-3-5-11)7-13-6-9(10(14)15)12-8-13/h6,8H,2-5,7H2,1H3,(H,14,15). The number of imidazole rings is 1. The summed E-state index contributed by atoms with van der Waals surface area (Å²) in [5, 5.41) is 8.75. The molecule has 0 amide bonds. The van der Waals surface area contributed by atoms with Crippen molar-refractivity contribution >= 4 is 5.97 Å². The molecule has 1 aliphatic rings. The van der Waals surface area contributed by atoms with Crippen molar-refractivity contribution in [1.29, 1.82) is 0 Å². The van der Waals surface area contributed by atoms with Crippen molar-refractivity contribution in [2.24, 2.45) is 5.41 Å². The molecule has 1 N–H and O–H groups in total. The SMILES string of the molecule is CC1(Cn2cnc(C(=O)O)c2)CCCC1. The highest BCUT2D eigenvalue weighted by Gasteiger charge is 2.29. The fourth-order valence-corrected chi connectivity index (χ4v) is 2.38. The van der Waals surface area contributed by atoms with Crippen molar-refractivity contribution in [3.63, 3.8) is 0 Å². The smallest absolute Gasteiger partial charge is 0.356 e. The topological polar surface area (TPSA) is 55.1 Å². The highest BCUT2D eigenvalue weighted by molar-refractivity contribution is 5.84. The molecule has 0 radical (unpaired) electrons. The van der Waals surface area contributed by atoms with Crippen molar-refractivity contribution in [3.05, 3.63) is 18.2 Å². The zero-order valence-corrected chi connectivity index (χ0v) is 8.94. The summed E-state index contributed by atoms with van der Waals surface area (Å²) in [5.41, 5.74) is 0.466. The molecule has 0 saturated heterocycles. The Morgan fingerprint density at radius 1 is 1.60 bits per heavy atom. The number of carbonyl (C=O) groups is 1. The molecule has 15 heavy (non-hydrogen) atoms. The van der Waals surface area contributed by atoms with Crippen LogP contribution < -0.4 is 0 Å². The van der Waals surface area contributed by atoms with Gasteiger partial charge in [0.15, 0.2) is 5.69 Å². The second kappa shape index (κ2) is 3.68.